The van der Waals surface area contributed by atoms with Gasteiger partial charge in [-0.2, -0.15) is 0 Å². The van der Waals surface area contributed by atoms with Crippen LogP contribution in [-0.2, 0) is 4.79 Å². The second-order valence-electron chi connectivity index (χ2n) is 6.55. The third-order valence-electron chi connectivity index (χ3n) is 4.93. The van der Waals surface area contributed by atoms with E-state index in [9.17, 15) is 9.59 Å². The highest BCUT2D eigenvalue weighted by molar-refractivity contribution is 5.74. The van der Waals surface area contributed by atoms with E-state index in [-0.39, 0.29) is 12.5 Å². The number of carboxylic acids is 1. The zero-order chi connectivity index (χ0) is 15.1. The van der Waals surface area contributed by atoms with Gasteiger partial charge in [-0.1, -0.05) is 19.3 Å². The van der Waals surface area contributed by atoms with Crippen LogP contribution in [0.4, 0.5) is 4.79 Å². The molecule has 0 aromatic rings. The molecule has 2 N–H and O–H groups in total. The minimum absolute atomic E-state index is 0.0669. The summed E-state index contributed by atoms with van der Waals surface area (Å²) in [4.78, 5) is 24.6. The third kappa shape index (κ3) is 5.56. The smallest absolute Gasteiger partial charge is 0.317 e. The highest BCUT2D eigenvalue weighted by Gasteiger charge is 2.23. The van der Waals surface area contributed by atoms with Gasteiger partial charge in [-0.15, -0.1) is 0 Å². The third-order valence-corrected chi connectivity index (χ3v) is 4.93. The molecule has 0 aromatic heterocycles. The van der Waals surface area contributed by atoms with Crippen molar-refractivity contribution in [2.75, 3.05) is 19.6 Å². The van der Waals surface area contributed by atoms with E-state index in [0.717, 1.165) is 38.9 Å². The molecule has 1 aliphatic carbocycles. The number of aliphatic carboxylic acids is 1. The predicted octanol–water partition coefficient (Wildman–Crippen LogP) is 2.85. The summed E-state index contributed by atoms with van der Waals surface area (Å²) >= 11 is 0. The van der Waals surface area contributed by atoms with Crippen LogP contribution in [0.3, 0.4) is 0 Å². The lowest BCUT2D eigenvalue weighted by atomic mass is 9.89. The molecule has 5 heteroatoms. The fourth-order valence-electron chi connectivity index (χ4n) is 3.49. The predicted molar refractivity (Wildman–Crippen MR) is 81.1 cm³/mol. The van der Waals surface area contributed by atoms with Crippen molar-refractivity contribution in [2.24, 2.45) is 11.8 Å². The molecular formula is C16H28N2O3. The fraction of sp³-hybridized carbons (Fsp3) is 0.875. The number of amides is 2. The van der Waals surface area contributed by atoms with Gasteiger partial charge in [0.15, 0.2) is 0 Å². The van der Waals surface area contributed by atoms with E-state index >= 15 is 0 Å². The molecule has 2 rings (SSSR count). The van der Waals surface area contributed by atoms with Crippen LogP contribution in [0.1, 0.15) is 57.8 Å². The Labute approximate surface area is 127 Å². The first-order chi connectivity index (χ1) is 10.1. The number of carboxylic acid groups (broad SMARTS) is 1. The molecule has 1 heterocycles. The van der Waals surface area contributed by atoms with Gasteiger partial charge in [0.05, 0.1) is 0 Å². The molecule has 0 radical (unpaired) electrons. The number of rotatable bonds is 5. The second kappa shape index (κ2) is 8.25. The zero-order valence-corrected chi connectivity index (χ0v) is 12.9. The van der Waals surface area contributed by atoms with Crippen molar-refractivity contribution in [1.82, 2.24) is 10.2 Å². The summed E-state index contributed by atoms with van der Waals surface area (Å²) < 4.78 is 0. The summed E-state index contributed by atoms with van der Waals surface area (Å²) in [6, 6.07) is 0.0669. The Bertz CT molecular complexity index is 345. The van der Waals surface area contributed by atoms with Gasteiger partial charge < -0.3 is 15.3 Å². The van der Waals surface area contributed by atoms with Crippen molar-refractivity contribution in [3.05, 3.63) is 0 Å². The number of urea groups is 1. The molecule has 0 atom stereocenters. The van der Waals surface area contributed by atoms with Crippen molar-refractivity contribution >= 4 is 12.0 Å². The maximum atomic E-state index is 12.1. The molecule has 0 unspecified atom stereocenters. The molecule has 1 saturated carbocycles. The molecular weight excluding hydrogens is 268 g/mol. The molecule has 1 aliphatic heterocycles. The Morgan fingerprint density at radius 1 is 1.00 bits per heavy atom. The molecule has 2 amide bonds. The largest absolute Gasteiger partial charge is 0.481 e. The SMILES string of the molecule is O=C(O)CCC1CCN(C(=O)NCC2CCCCC2)CC1. The van der Waals surface area contributed by atoms with Gasteiger partial charge in [-0.25, -0.2) is 4.79 Å². The molecule has 21 heavy (non-hydrogen) atoms. The summed E-state index contributed by atoms with van der Waals surface area (Å²) in [5.41, 5.74) is 0. The Kier molecular flexibility index (Phi) is 6.33. The number of carbonyl (C=O) groups is 2. The van der Waals surface area contributed by atoms with Crippen molar-refractivity contribution in [1.29, 1.82) is 0 Å². The minimum atomic E-state index is -0.720. The van der Waals surface area contributed by atoms with E-state index in [1.54, 1.807) is 0 Å². The lowest BCUT2D eigenvalue weighted by Crippen LogP contribution is -2.45. The quantitative estimate of drug-likeness (QED) is 0.819. The van der Waals surface area contributed by atoms with E-state index in [1.165, 1.54) is 32.1 Å². The molecule has 2 aliphatic rings. The van der Waals surface area contributed by atoms with Gasteiger partial charge >= 0.3 is 12.0 Å². The van der Waals surface area contributed by atoms with Crippen LogP contribution >= 0.6 is 0 Å². The van der Waals surface area contributed by atoms with E-state index in [1.807, 2.05) is 4.90 Å². The number of piperidine rings is 1. The molecule has 2 fully saturated rings. The molecule has 5 nitrogen and oxygen atoms in total. The van der Waals surface area contributed by atoms with Crippen LogP contribution in [-0.4, -0.2) is 41.6 Å². The molecule has 0 spiro atoms. The van der Waals surface area contributed by atoms with E-state index in [2.05, 4.69) is 5.32 Å². The van der Waals surface area contributed by atoms with Crippen LogP contribution in [0.15, 0.2) is 0 Å². The molecule has 120 valence electrons. The Balaban J connectivity index is 1.62. The summed E-state index contributed by atoms with van der Waals surface area (Å²) in [5.74, 6) is 0.405. The lowest BCUT2D eigenvalue weighted by Gasteiger charge is -2.32. The summed E-state index contributed by atoms with van der Waals surface area (Å²) in [6.07, 6.45) is 9.30. The van der Waals surface area contributed by atoms with Gasteiger partial charge in [0.25, 0.3) is 0 Å². The first kappa shape index (κ1) is 16.1. The summed E-state index contributed by atoms with van der Waals surface area (Å²) in [5, 5.41) is 11.8. The standard InChI is InChI=1S/C16H28N2O3/c19-15(20)7-6-13-8-10-18(11-9-13)16(21)17-12-14-4-2-1-3-5-14/h13-14H,1-12H2,(H,17,21)(H,19,20). The van der Waals surface area contributed by atoms with Crippen LogP contribution in [0.5, 0.6) is 0 Å². The van der Waals surface area contributed by atoms with Crippen LogP contribution in [0.25, 0.3) is 0 Å². The van der Waals surface area contributed by atoms with Crippen LogP contribution < -0.4 is 5.32 Å². The van der Waals surface area contributed by atoms with Crippen LogP contribution in [0.2, 0.25) is 0 Å². The topological polar surface area (TPSA) is 69.6 Å². The maximum Gasteiger partial charge on any atom is 0.317 e. The van der Waals surface area contributed by atoms with E-state index in [0.29, 0.717) is 11.8 Å². The highest BCUT2D eigenvalue weighted by Crippen LogP contribution is 2.24. The summed E-state index contributed by atoms with van der Waals surface area (Å²) in [7, 11) is 0. The average Bonchev–Trinajstić information content (AvgIpc) is 2.52. The van der Waals surface area contributed by atoms with E-state index in [4.69, 9.17) is 5.11 Å². The van der Waals surface area contributed by atoms with E-state index < -0.39 is 5.97 Å². The molecule has 0 aromatic carbocycles. The second-order valence-corrected chi connectivity index (χ2v) is 6.55. The first-order valence-corrected chi connectivity index (χ1v) is 8.39. The number of nitrogens with zero attached hydrogens (tertiary/aromatic N) is 1. The number of hydrogen-bond donors (Lipinski definition) is 2. The maximum absolute atomic E-state index is 12.1. The normalized spacial score (nSPS) is 21.2. The van der Waals surface area contributed by atoms with Crippen LogP contribution in [0, 0.1) is 11.8 Å². The zero-order valence-electron chi connectivity index (χ0n) is 12.9. The molecule has 0 bridgehead atoms. The monoisotopic (exact) mass is 296 g/mol. The average molecular weight is 296 g/mol. The minimum Gasteiger partial charge on any atom is -0.481 e. The summed E-state index contributed by atoms with van der Waals surface area (Å²) in [6.45, 7) is 2.35. The lowest BCUT2D eigenvalue weighted by molar-refractivity contribution is -0.137. The van der Waals surface area contributed by atoms with Crippen molar-refractivity contribution in [3.63, 3.8) is 0 Å². The number of likely N-dealkylation sites (tertiary alicyclic amines) is 1. The fourth-order valence-corrected chi connectivity index (χ4v) is 3.49. The Morgan fingerprint density at radius 3 is 2.29 bits per heavy atom. The molecule has 1 saturated heterocycles. The van der Waals surface area contributed by atoms with Gasteiger partial charge in [0.1, 0.15) is 0 Å². The van der Waals surface area contributed by atoms with Gasteiger partial charge in [0, 0.05) is 26.1 Å². The number of nitrogens with one attached hydrogen (secondary N) is 1. The Morgan fingerprint density at radius 2 is 1.67 bits per heavy atom. The van der Waals surface area contributed by atoms with Gasteiger partial charge in [-0.3, -0.25) is 4.79 Å². The highest BCUT2D eigenvalue weighted by atomic mass is 16.4. The van der Waals surface area contributed by atoms with Crippen molar-refractivity contribution < 1.29 is 14.7 Å². The number of hydrogen-bond acceptors (Lipinski definition) is 2. The first-order valence-electron chi connectivity index (χ1n) is 8.39. The van der Waals surface area contributed by atoms with Gasteiger partial charge in [0.2, 0.25) is 0 Å². The van der Waals surface area contributed by atoms with Gasteiger partial charge in [-0.05, 0) is 43.9 Å². The van der Waals surface area contributed by atoms with Crippen molar-refractivity contribution in [3.8, 4) is 0 Å². The van der Waals surface area contributed by atoms with Crippen molar-refractivity contribution in [2.45, 2.75) is 57.8 Å². The Hall–Kier alpha value is -1.26. The number of carbonyl (C=O) groups excluding carboxylic acids is 1.